The maximum atomic E-state index is 11.0. The van der Waals surface area contributed by atoms with Gasteiger partial charge in [-0.05, 0) is 12.1 Å². The van der Waals surface area contributed by atoms with Crippen LogP contribution >= 0.6 is 0 Å². The van der Waals surface area contributed by atoms with Crippen LogP contribution in [-0.4, -0.2) is 47.6 Å². The Balaban J connectivity index is 0.00000128. The Kier molecular flexibility index (Phi) is 3.98. The first kappa shape index (κ1) is 13.5. The number of hydrogen-bond acceptors (Lipinski definition) is 3. The van der Waals surface area contributed by atoms with E-state index in [2.05, 4.69) is 0 Å². The van der Waals surface area contributed by atoms with Gasteiger partial charge in [-0.2, -0.15) is 8.42 Å². The average molecular weight is 247 g/mol. The van der Waals surface area contributed by atoms with E-state index in [0.29, 0.717) is 10.8 Å². The van der Waals surface area contributed by atoms with Gasteiger partial charge in [-0.1, -0.05) is 24.3 Å². The number of hydrogen-bond donors (Lipinski definition) is 2. The number of rotatable bonds is 1. The number of phenolic OH excluding ortho intramolecular Hbond substituents is 1. The fourth-order valence-electron chi connectivity index (χ4n) is 1.48. The van der Waals surface area contributed by atoms with Crippen LogP contribution in [0.15, 0.2) is 41.3 Å². The average Bonchev–Trinajstić information content (AvgIpc) is 2.17. The summed E-state index contributed by atoms with van der Waals surface area (Å²) in [6, 6.07) is 8.84. The molecule has 0 atom stereocenters. The molecule has 2 N–H and O–H groups in total. The zero-order chi connectivity index (χ0) is 11.1. The Hall–Kier alpha value is -0.590. The molecule has 6 heteroatoms. The van der Waals surface area contributed by atoms with Crippen LogP contribution in [0.5, 0.6) is 5.75 Å². The van der Waals surface area contributed by atoms with Gasteiger partial charge in [-0.3, -0.25) is 4.55 Å². The van der Waals surface area contributed by atoms with Crippen molar-refractivity contribution in [2.75, 3.05) is 0 Å². The molecule has 2 aromatic rings. The Morgan fingerprint density at radius 2 is 1.50 bits per heavy atom. The fourth-order valence-corrected chi connectivity index (χ4v) is 2.18. The van der Waals surface area contributed by atoms with Crippen LogP contribution in [0.2, 0.25) is 0 Å². The largest absolute Gasteiger partial charge is 0.507 e. The minimum atomic E-state index is -4.26. The monoisotopic (exact) mass is 247 g/mol. The van der Waals surface area contributed by atoms with Gasteiger partial charge in [0.05, 0.1) is 0 Å². The molecule has 1 radical (unpaired) electrons. The number of phenols is 1. The van der Waals surface area contributed by atoms with Crippen LogP contribution in [0, 0.1) is 0 Å². The van der Waals surface area contributed by atoms with Crippen LogP contribution in [-0.2, 0) is 10.1 Å². The Morgan fingerprint density at radius 3 is 2.06 bits per heavy atom. The summed E-state index contributed by atoms with van der Waals surface area (Å²) in [6.45, 7) is 0. The molecule has 2 rings (SSSR count). The van der Waals surface area contributed by atoms with Gasteiger partial charge in [0, 0.05) is 40.3 Å². The summed E-state index contributed by atoms with van der Waals surface area (Å²) in [5.74, 6) is -0.0157. The minimum absolute atomic E-state index is 0. The van der Waals surface area contributed by atoms with Crippen molar-refractivity contribution in [3.63, 3.8) is 0 Å². The van der Waals surface area contributed by atoms with Crippen LogP contribution in [0.3, 0.4) is 0 Å². The number of benzene rings is 2. The van der Waals surface area contributed by atoms with Gasteiger partial charge >= 0.3 is 0 Å². The Morgan fingerprint density at radius 1 is 0.938 bits per heavy atom. The number of fused-ring (bicyclic) bond motifs is 1. The molecule has 79 valence electrons. The van der Waals surface area contributed by atoms with Gasteiger partial charge in [0.25, 0.3) is 10.1 Å². The molecule has 0 saturated carbocycles. The molecule has 4 nitrogen and oxygen atoms in total. The zero-order valence-electron chi connectivity index (χ0n) is 8.58. The summed E-state index contributed by atoms with van der Waals surface area (Å²) in [4.78, 5) is -0.198. The predicted molar refractivity (Wildman–Crippen MR) is 61.2 cm³/mol. The second-order valence-corrected chi connectivity index (χ2v) is 4.49. The first-order valence-corrected chi connectivity index (χ1v) is 5.62. The van der Waals surface area contributed by atoms with Gasteiger partial charge in [0.2, 0.25) is 0 Å². The maximum Gasteiger partial charge on any atom is 0.295 e. The van der Waals surface area contributed by atoms with E-state index in [4.69, 9.17) is 4.55 Å². The van der Waals surface area contributed by atoms with Gasteiger partial charge in [-0.15, -0.1) is 0 Å². The molecule has 0 aromatic heterocycles. The molecule has 0 bridgehead atoms. The SMILES string of the molecule is O=S(=O)(O)c1ccc(O)c2ccccc12.[Na]. The van der Waals surface area contributed by atoms with Crippen molar-refractivity contribution >= 4 is 50.4 Å². The first-order valence-electron chi connectivity index (χ1n) is 4.18. The van der Waals surface area contributed by atoms with Crippen molar-refractivity contribution in [2.24, 2.45) is 0 Å². The second kappa shape index (κ2) is 4.73. The summed E-state index contributed by atoms with van der Waals surface area (Å²) in [5.41, 5.74) is 0. The summed E-state index contributed by atoms with van der Waals surface area (Å²) >= 11 is 0. The standard InChI is InChI=1S/C10H8O4S.Na/c11-9-5-6-10(15(12,13)14)8-4-2-1-3-7(8)9;/h1-6,11H,(H,12,13,14);. The van der Waals surface area contributed by atoms with E-state index >= 15 is 0 Å². The van der Waals surface area contributed by atoms with Crippen molar-refractivity contribution in [1.29, 1.82) is 0 Å². The second-order valence-electron chi connectivity index (χ2n) is 3.10. The molecular formula is C10H8NaO4S. The third kappa shape index (κ3) is 2.39. The molecule has 0 unspecified atom stereocenters. The van der Waals surface area contributed by atoms with E-state index in [1.165, 1.54) is 18.2 Å². The maximum absolute atomic E-state index is 11.0. The van der Waals surface area contributed by atoms with E-state index in [-0.39, 0.29) is 40.2 Å². The molecule has 0 aliphatic rings. The summed E-state index contributed by atoms with van der Waals surface area (Å²) in [6.07, 6.45) is 0. The van der Waals surface area contributed by atoms with E-state index in [9.17, 15) is 13.5 Å². The summed E-state index contributed by atoms with van der Waals surface area (Å²) in [7, 11) is -4.26. The van der Waals surface area contributed by atoms with Crippen LogP contribution < -0.4 is 0 Å². The molecule has 16 heavy (non-hydrogen) atoms. The van der Waals surface area contributed by atoms with Crippen molar-refractivity contribution in [3.05, 3.63) is 36.4 Å². The van der Waals surface area contributed by atoms with E-state index in [1.807, 2.05) is 0 Å². The Bertz CT molecular complexity index is 622. The summed E-state index contributed by atoms with van der Waals surface area (Å²) in [5, 5.41) is 10.2. The van der Waals surface area contributed by atoms with Crippen molar-refractivity contribution < 1.29 is 18.1 Å². The van der Waals surface area contributed by atoms with E-state index < -0.39 is 10.1 Å². The molecule has 0 saturated heterocycles. The number of aromatic hydroxyl groups is 1. The normalized spacial score (nSPS) is 11.1. The molecule has 0 fully saturated rings. The van der Waals surface area contributed by atoms with Crippen molar-refractivity contribution in [1.82, 2.24) is 0 Å². The van der Waals surface area contributed by atoms with Crippen molar-refractivity contribution in [2.45, 2.75) is 4.90 Å². The van der Waals surface area contributed by atoms with Gasteiger partial charge in [0.1, 0.15) is 10.6 Å². The molecule has 2 aromatic carbocycles. The van der Waals surface area contributed by atoms with Crippen LogP contribution in [0.4, 0.5) is 0 Å². The van der Waals surface area contributed by atoms with Gasteiger partial charge in [0.15, 0.2) is 0 Å². The third-order valence-electron chi connectivity index (χ3n) is 2.14. The Labute approximate surface area is 115 Å². The fraction of sp³-hybridized carbons (Fsp3) is 0. The van der Waals surface area contributed by atoms with Crippen LogP contribution in [0.25, 0.3) is 10.8 Å². The van der Waals surface area contributed by atoms with Crippen LogP contribution in [0.1, 0.15) is 0 Å². The molecule has 0 amide bonds. The van der Waals surface area contributed by atoms with Gasteiger partial charge in [-0.25, -0.2) is 0 Å². The molecule has 0 heterocycles. The smallest absolute Gasteiger partial charge is 0.295 e. The quantitative estimate of drug-likeness (QED) is 0.590. The molecule has 0 aliphatic heterocycles. The molecular weight excluding hydrogens is 239 g/mol. The predicted octanol–water partition coefficient (Wildman–Crippen LogP) is 1.41. The summed E-state index contributed by atoms with van der Waals surface area (Å²) < 4.78 is 31.0. The van der Waals surface area contributed by atoms with Crippen molar-refractivity contribution in [3.8, 4) is 5.75 Å². The topological polar surface area (TPSA) is 74.6 Å². The zero-order valence-corrected chi connectivity index (χ0v) is 11.4. The molecule has 0 spiro atoms. The minimum Gasteiger partial charge on any atom is -0.507 e. The van der Waals surface area contributed by atoms with E-state index in [1.54, 1.807) is 18.2 Å². The van der Waals surface area contributed by atoms with E-state index in [0.717, 1.165) is 0 Å². The third-order valence-corrected chi connectivity index (χ3v) is 3.05. The first-order chi connectivity index (χ1) is 7.00. The van der Waals surface area contributed by atoms with Gasteiger partial charge < -0.3 is 5.11 Å². The molecule has 0 aliphatic carbocycles.